The normalized spacial score (nSPS) is 10.6. The molecule has 0 bridgehead atoms. The van der Waals surface area contributed by atoms with Crippen molar-refractivity contribution in [3.63, 3.8) is 0 Å². The van der Waals surface area contributed by atoms with E-state index in [0.717, 1.165) is 0 Å². The molecule has 0 radical (unpaired) electrons. The maximum absolute atomic E-state index is 12.4. The molecule has 0 saturated heterocycles. The first-order valence-electron chi connectivity index (χ1n) is 7.21. The first-order valence-corrected chi connectivity index (χ1v) is 7.21. The van der Waals surface area contributed by atoms with Gasteiger partial charge in [0.25, 0.3) is 5.91 Å². The van der Waals surface area contributed by atoms with Crippen molar-refractivity contribution in [1.82, 2.24) is 5.32 Å². The van der Waals surface area contributed by atoms with Crippen LogP contribution in [0.3, 0.4) is 0 Å². The number of Topliss-reactive ketones (excluding diaryl/α,β-unsaturated/α-hetero) is 1. The lowest BCUT2D eigenvalue weighted by Gasteiger charge is -2.03. The van der Waals surface area contributed by atoms with Gasteiger partial charge in [-0.2, -0.15) is 5.26 Å². The number of hydrogen-bond acceptors (Lipinski definition) is 4. The largest absolute Gasteiger partial charge is 0.497 e. The minimum atomic E-state index is -0.365. The van der Waals surface area contributed by atoms with Gasteiger partial charge in [-0.3, -0.25) is 9.59 Å². The Balaban J connectivity index is 2.26. The average Bonchev–Trinajstić information content (AvgIpc) is 2.65. The number of carbonyl (C=O) groups is 2. The van der Waals surface area contributed by atoms with Crippen molar-refractivity contribution in [2.45, 2.75) is 0 Å². The van der Waals surface area contributed by atoms with Gasteiger partial charge in [0.2, 0.25) is 5.78 Å². The number of benzene rings is 2. The number of nitrogens with zero attached hydrogens (tertiary/aromatic N) is 1. The van der Waals surface area contributed by atoms with Gasteiger partial charge >= 0.3 is 0 Å². The van der Waals surface area contributed by atoms with Crippen molar-refractivity contribution >= 4 is 17.8 Å². The van der Waals surface area contributed by atoms with Gasteiger partial charge in [0.15, 0.2) is 0 Å². The third-order valence-electron chi connectivity index (χ3n) is 3.43. The highest BCUT2D eigenvalue weighted by molar-refractivity contribution is 6.14. The summed E-state index contributed by atoms with van der Waals surface area (Å²) in [5, 5.41) is 11.8. The van der Waals surface area contributed by atoms with Crippen LogP contribution >= 0.6 is 0 Å². The number of nitrogens with one attached hydrogen (secondary N) is 1. The van der Waals surface area contributed by atoms with Crippen LogP contribution in [0.2, 0.25) is 0 Å². The summed E-state index contributed by atoms with van der Waals surface area (Å²) in [6.45, 7) is 0. The van der Waals surface area contributed by atoms with Crippen molar-refractivity contribution < 1.29 is 14.3 Å². The Hall–Kier alpha value is -3.39. The summed E-state index contributed by atoms with van der Waals surface area (Å²) in [6.07, 6.45) is 1.50. The van der Waals surface area contributed by atoms with Crippen LogP contribution in [-0.4, -0.2) is 25.8 Å². The minimum absolute atomic E-state index is 0.0212. The van der Waals surface area contributed by atoms with Crippen molar-refractivity contribution in [2.24, 2.45) is 0 Å². The second kappa shape index (κ2) is 7.75. The molecule has 0 fully saturated rings. The number of carbonyl (C=O) groups excluding carboxylic acids is 2. The highest BCUT2D eigenvalue weighted by Gasteiger charge is 2.12. The number of ether oxygens (including phenoxy) is 1. The zero-order chi connectivity index (χ0) is 17.5. The highest BCUT2D eigenvalue weighted by Crippen LogP contribution is 2.16. The lowest BCUT2D eigenvalue weighted by molar-refractivity contribution is 0.0962. The van der Waals surface area contributed by atoms with Crippen molar-refractivity contribution in [1.29, 1.82) is 5.26 Å². The van der Waals surface area contributed by atoms with Crippen LogP contribution in [0.15, 0.2) is 54.1 Å². The van der Waals surface area contributed by atoms with E-state index in [1.807, 2.05) is 6.07 Å². The summed E-state index contributed by atoms with van der Waals surface area (Å²) >= 11 is 0. The van der Waals surface area contributed by atoms with E-state index in [1.54, 1.807) is 62.7 Å². The first kappa shape index (κ1) is 17.0. The average molecular weight is 320 g/mol. The number of rotatable bonds is 5. The number of allylic oxidation sites excluding steroid dienone is 1. The van der Waals surface area contributed by atoms with E-state index in [2.05, 4.69) is 5.32 Å². The zero-order valence-electron chi connectivity index (χ0n) is 13.4. The van der Waals surface area contributed by atoms with Crippen LogP contribution in [0.25, 0.3) is 6.08 Å². The van der Waals surface area contributed by atoms with Gasteiger partial charge in [0.1, 0.15) is 17.4 Å². The maximum Gasteiger partial charge on any atom is 0.251 e. The monoisotopic (exact) mass is 320 g/mol. The number of hydrogen-bond donors (Lipinski definition) is 1. The molecule has 2 rings (SSSR count). The topological polar surface area (TPSA) is 79.2 Å². The molecule has 0 aromatic heterocycles. The first-order chi connectivity index (χ1) is 11.6. The van der Waals surface area contributed by atoms with Gasteiger partial charge in [-0.1, -0.05) is 12.1 Å². The molecule has 0 aliphatic carbocycles. The van der Waals surface area contributed by atoms with E-state index in [0.29, 0.717) is 22.4 Å². The number of methoxy groups -OCH3 is 1. The summed E-state index contributed by atoms with van der Waals surface area (Å²) in [5.74, 6) is 0.0784. The molecule has 1 N–H and O–H groups in total. The Kier molecular flexibility index (Phi) is 5.48. The molecular weight excluding hydrogens is 304 g/mol. The van der Waals surface area contributed by atoms with E-state index in [4.69, 9.17) is 4.74 Å². The van der Waals surface area contributed by atoms with E-state index >= 15 is 0 Å². The fourth-order valence-corrected chi connectivity index (χ4v) is 2.09. The van der Waals surface area contributed by atoms with E-state index < -0.39 is 0 Å². The van der Waals surface area contributed by atoms with Crippen LogP contribution in [0, 0.1) is 11.3 Å². The van der Waals surface area contributed by atoms with E-state index in [-0.39, 0.29) is 17.3 Å². The summed E-state index contributed by atoms with van der Waals surface area (Å²) in [7, 11) is 3.09. The SMILES string of the molecule is CNC(=O)c1ccc(/C=C(\C#N)C(=O)c2ccc(OC)cc2)cc1. The molecule has 120 valence electrons. The predicted molar refractivity (Wildman–Crippen MR) is 90.7 cm³/mol. The van der Waals surface area contributed by atoms with Crippen LogP contribution < -0.4 is 10.1 Å². The molecule has 0 aliphatic rings. The second-order valence-electron chi connectivity index (χ2n) is 4.93. The molecule has 2 aromatic rings. The fraction of sp³-hybridized carbons (Fsp3) is 0.105. The minimum Gasteiger partial charge on any atom is -0.497 e. The molecule has 0 unspecified atom stereocenters. The molecule has 0 spiro atoms. The molecule has 24 heavy (non-hydrogen) atoms. The third kappa shape index (κ3) is 3.87. The van der Waals surface area contributed by atoms with Crippen molar-refractivity contribution in [3.8, 4) is 11.8 Å². The van der Waals surface area contributed by atoms with Crippen LogP contribution in [0.4, 0.5) is 0 Å². The van der Waals surface area contributed by atoms with Gasteiger partial charge < -0.3 is 10.1 Å². The Labute approximate surface area is 140 Å². The second-order valence-corrected chi connectivity index (χ2v) is 4.93. The van der Waals surface area contributed by atoms with Gasteiger partial charge in [-0.15, -0.1) is 0 Å². The van der Waals surface area contributed by atoms with Crippen LogP contribution in [0.5, 0.6) is 5.75 Å². The Morgan fingerprint density at radius 2 is 1.62 bits per heavy atom. The summed E-state index contributed by atoms with van der Waals surface area (Å²) in [6, 6.07) is 15.1. The predicted octanol–water partition coefficient (Wildman–Crippen LogP) is 2.84. The maximum atomic E-state index is 12.4. The summed E-state index contributed by atoms with van der Waals surface area (Å²) < 4.78 is 5.05. The van der Waals surface area contributed by atoms with Gasteiger partial charge in [0, 0.05) is 18.2 Å². The van der Waals surface area contributed by atoms with Crippen molar-refractivity contribution in [3.05, 3.63) is 70.8 Å². The van der Waals surface area contributed by atoms with Crippen LogP contribution in [0.1, 0.15) is 26.3 Å². The summed E-state index contributed by atoms with van der Waals surface area (Å²) in [4.78, 5) is 23.9. The molecule has 5 nitrogen and oxygen atoms in total. The fourth-order valence-electron chi connectivity index (χ4n) is 2.09. The molecule has 0 heterocycles. The lowest BCUT2D eigenvalue weighted by Crippen LogP contribution is -2.17. The lowest BCUT2D eigenvalue weighted by atomic mass is 10.0. The van der Waals surface area contributed by atoms with Crippen LogP contribution in [-0.2, 0) is 0 Å². The zero-order valence-corrected chi connectivity index (χ0v) is 13.4. The number of ketones is 1. The smallest absolute Gasteiger partial charge is 0.251 e. The van der Waals surface area contributed by atoms with Gasteiger partial charge in [0.05, 0.1) is 7.11 Å². The molecular formula is C19H16N2O3. The number of amides is 1. The number of nitriles is 1. The molecule has 0 saturated carbocycles. The standard InChI is InChI=1S/C19H16N2O3/c1-21-19(23)15-5-3-13(4-6-15)11-16(12-20)18(22)14-7-9-17(24-2)10-8-14/h3-11H,1-2H3,(H,21,23)/b16-11+. The van der Waals surface area contributed by atoms with Gasteiger partial charge in [-0.25, -0.2) is 0 Å². The molecule has 0 atom stereocenters. The van der Waals surface area contributed by atoms with Crippen molar-refractivity contribution in [2.75, 3.05) is 14.2 Å². The molecule has 1 amide bonds. The highest BCUT2D eigenvalue weighted by atomic mass is 16.5. The Morgan fingerprint density at radius 3 is 2.12 bits per heavy atom. The van der Waals surface area contributed by atoms with E-state index in [9.17, 15) is 14.9 Å². The Morgan fingerprint density at radius 1 is 1.04 bits per heavy atom. The Bertz CT molecular complexity index is 813. The molecule has 5 heteroatoms. The third-order valence-corrected chi connectivity index (χ3v) is 3.43. The summed E-state index contributed by atoms with van der Waals surface area (Å²) in [5.41, 5.74) is 1.61. The van der Waals surface area contributed by atoms with E-state index in [1.165, 1.54) is 6.08 Å². The molecule has 0 aliphatic heterocycles. The van der Waals surface area contributed by atoms with Gasteiger partial charge in [-0.05, 0) is 48.0 Å². The molecule has 2 aromatic carbocycles. The quantitative estimate of drug-likeness (QED) is 0.522.